The lowest BCUT2D eigenvalue weighted by atomic mass is 9.97. The molecule has 2 heterocycles. The Labute approximate surface area is 140 Å². The summed E-state index contributed by atoms with van der Waals surface area (Å²) in [7, 11) is -2.19. The number of carbonyl (C=O) groups excluding carboxylic acids is 2. The van der Waals surface area contributed by atoms with E-state index in [0.29, 0.717) is 12.8 Å². The molecule has 2 bridgehead atoms. The monoisotopic (exact) mass is 341 g/mol. The van der Waals surface area contributed by atoms with Crippen LogP contribution in [-0.4, -0.2) is 42.5 Å². The van der Waals surface area contributed by atoms with E-state index in [2.05, 4.69) is 33.9 Å². The molecule has 2 saturated heterocycles. The van der Waals surface area contributed by atoms with Crippen LogP contribution < -0.4 is 0 Å². The average Bonchev–Trinajstić information content (AvgIpc) is 2.75. The first-order valence-electron chi connectivity index (χ1n) is 8.45. The van der Waals surface area contributed by atoms with E-state index in [1.807, 2.05) is 20.8 Å². The Bertz CT molecular complexity index is 518. The Kier molecular flexibility index (Phi) is 4.26. The Hall–Kier alpha value is -0.883. The molecule has 0 aromatic rings. The summed E-state index contributed by atoms with van der Waals surface area (Å²) in [5, 5.41) is -0.0255. The molecule has 0 aromatic heterocycles. The molecule has 2 aliphatic rings. The van der Waals surface area contributed by atoms with Gasteiger partial charge >= 0.3 is 6.09 Å². The van der Waals surface area contributed by atoms with E-state index in [4.69, 9.17) is 9.16 Å². The van der Waals surface area contributed by atoms with Crippen molar-refractivity contribution in [2.45, 2.75) is 96.3 Å². The Morgan fingerprint density at radius 1 is 1.22 bits per heavy atom. The molecular formula is C17H31NO4Si. The molecule has 2 rings (SSSR count). The molecule has 2 atom stereocenters. The van der Waals surface area contributed by atoms with Crippen LogP contribution in [0.3, 0.4) is 0 Å². The molecule has 0 saturated carbocycles. The minimum absolute atomic E-state index is 0.0255. The van der Waals surface area contributed by atoms with Crippen molar-refractivity contribution in [2.24, 2.45) is 0 Å². The third-order valence-electron chi connectivity index (χ3n) is 5.25. The largest absolute Gasteiger partial charge is 0.444 e. The van der Waals surface area contributed by atoms with Crippen molar-refractivity contribution >= 4 is 20.2 Å². The smallest absolute Gasteiger partial charge is 0.413 e. The lowest BCUT2D eigenvalue weighted by molar-refractivity contribution is -0.142. The van der Waals surface area contributed by atoms with Crippen LogP contribution >= 0.6 is 0 Å². The van der Waals surface area contributed by atoms with Gasteiger partial charge in [0.1, 0.15) is 5.60 Å². The fourth-order valence-corrected chi connectivity index (χ4v) is 4.55. The number of fused-ring (bicyclic) bond motifs is 2. The summed E-state index contributed by atoms with van der Waals surface area (Å²) in [6.07, 6.45) is 1.35. The van der Waals surface area contributed by atoms with Crippen LogP contribution in [0.15, 0.2) is 0 Å². The summed E-state index contributed by atoms with van der Waals surface area (Å²) in [4.78, 5) is 27.0. The van der Waals surface area contributed by atoms with Crippen LogP contribution in [0.5, 0.6) is 0 Å². The lowest BCUT2D eigenvalue weighted by Gasteiger charge is -2.45. The van der Waals surface area contributed by atoms with Gasteiger partial charge in [0.25, 0.3) is 0 Å². The quantitative estimate of drug-likeness (QED) is 0.710. The average molecular weight is 342 g/mol. The van der Waals surface area contributed by atoms with Gasteiger partial charge in [0.05, 0.1) is 0 Å². The van der Waals surface area contributed by atoms with Crippen molar-refractivity contribution in [3.63, 3.8) is 0 Å². The molecule has 2 aliphatic heterocycles. The summed E-state index contributed by atoms with van der Waals surface area (Å²) >= 11 is 0. The minimum atomic E-state index is -2.19. The van der Waals surface area contributed by atoms with E-state index >= 15 is 0 Å². The second kappa shape index (κ2) is 5.31. The van der Waals surface area contributed by atoms with Gasteiger partial charge in [-0.15, -0.1) is 0 Å². The molecule has 2 unspecified atom stereocenters. The van der Waals surface area contributed by atoms with Gasteiger partial charge < -0.3 is 9.16 Å². The van der Waals surface area contributed by atoms with Crippen molar-refractivity contribution in [3.8, 4) is 0 Å². The van der Waals surface area contributed by atoms with Crippen LogP contribution in [0.4, 0.5) is 4.79 Å². The van der Waals surface area contributed by atoms with Gasteiger partial charge in [0.2, 0.25) is 0 Å². The van der Waals surface area contributed by atoms with Gasteiger partial charge in [-0.2, -0.15) is 0 Å². The van der Waals surface area contributed by atoms with E-state index in [-0.39, 0.29) is 16.9 Å². The van der Waals surface area contributed by atoms with Crippen molar-refractivity contribution in [1.29, 1.82) is 0 Å². The number of hydrogen-bond acceptors (Lipinski definition) is 4. The van der Waals surface area contributed by atoms with Crippen molar-refractivity contribution in [2.75, 3.05) is 0 Å². The maximum absolute atomic E-state index is 12.7. The highest BCUT2D eigenvalue weighted by molar-refractivity contribution is 6.74. The van der Waals surface area contributed by atoms with E-state index in [9.17, 15) is 9.59 Å². The van der Waals surface area contributed by atoms with Gasteiger partial charge in [-0.1, -0.05) is 20.8 Å². The highest BCUT2D eigenvalue weighted by atomic mass is 28.4. The fourth-order valence-electron chi connectivity index (χ4n) is 3.09. The topological polar surface area (TPSA) is 55.8 Å². The number of amides is 1. The summed E-state index contributed by atoms with van der Waals surface area (Å²) in [5.41, 5.74) is -1.68. The summed E-state index contributed by atoms with van der Waals surface area (Å²) in [5.74, 6) is 0.0319. The Balaban J connectivity index is 2.33. The molecule has 6 heteroatoms. The summed E-state index contributed by atoms with van der Waals surface area (Å²) in [6.45, 7) is 16.2. The molecular weight excluding hydrogens is 310 g/mol. The standard InChI is InChI=1S/C17H31NO4Si/c1-15(2,3)21-14(20)18-12-9-10-17(18,13(19)11-12)22-23(7,8)16(4,5)6/h12H,9-11H2,1-8H3. The van der Waals surface area contributed by atoms with E-state index in [1.165, 1.54) is 0 Å². The van der Waals surface area contributed by atoms with Gasteiger partial charge in [-0.3, -0.25) is 9.69 Å². The van der Waals surface area contributed by atoms with Crippen molar-refractivity contribution < 1.29 is 18.8 Å². The molecule has 132 valence electrons. The van der Waals surface area contributed by atoms with E-state index < -0.39 is 25.7 Å². The summed E-state index contributed by atoms with van der Waals surface area (Å²) in [6, 6.07) is -0.0814. The Morgan fingerprint density at radius 3 is 2.22 bits per heavy atom. The predicted octanol–water partition coefficient (Wildman–Crippen LogP) is 4.08. The molecule has 23 heavy (non-hydrogen) atoms. The lowest BCUT2D eigenvalue weighted by Crippen LogP contribution is -2.59. The molecule has 0 spiro atoms. The van der Waals surface area contributed by atoms with E-state index in [0.717, 1.165) is 6.42 Å². The zero-order valence-electron chi connectivity index (χ0n) is 15.8. The van der Waals surface area contributed by atoms with Gasteiger partial charge in [0.15, 0.2) is 19.8 Å². The van der Waals surface area contributed by atoms with E-state index in [1.54, 1.807) is 4.90 Å². The van der Waals surface area contributed by atoms with Crippen LogP contribution in [0.1, 0.15) is 60.8 Å². The number of carbonyl (C=O) groups is 2. The zero-order valence-corrected chi connectivity index (χ0v) is 16.8. The van der Waals surface area contributed by atoms with Crippen LogP contribution in [0, 0.1) is 0 Å². The van der Waals surface area contributed by atoms with Crippen LogP contribution in [0.2, 0.25) is 18.1 Å². The first-order valence-corrected chi connectivity index (χ1v) is 11.4. The highest BCUT2D eigenvalue weighted by Gasteiger charge is 2.64. The first-order chi connectivity index (χ1) is 10.2. The number of rotatable bonds is 2. The number of ketones is 1. The molecule has 0 aromatic carbocycles. The van der Waals surface area contributed by atoms with Crippen molar-refractivity contribution in [1.82, 2.24) is 4.90 Å². The molecule has 0 N–H and O–H groups in total. The molecule has 2 fully saturated rings. The molecule has 5 nitrogen and oxygen atoms in total. The van der Waals surface area contributed by atoms with Crippen LogP contribution in [-0.2, 0) is 14.0 Å². The maximum Gasteiger partial charge on any atom is 0.413 e. The molecule has 0 radical (unpaired) electrons. The minimum Gasteiger partial charge on any atom is -0.444 e. The second-order valence-corrected chi connectivity index (χ2v) is 14.0. The number of ether oxygens (including phenoxy) is 1. The second-order valence-electron chi connectivity index (χ2n) is 9.32. The number of Topliss-reactive ketones (excluding diaryl/α,β-unsaturated/α-hetero) is 1. The Morgan fingerprint density at radius 2 is 1.78 bits per heavy atom. The molecule has 0 aliphatic carbocycles. The SMILES string of the molecule is CC(C)(C)OC(=O)N1C2CCC1(O[Si](C)(C)C(C)(C)C)C(=O)C2. The highest BCUT2D eigenvalue weighted by Crippen LogP contribution is 2.50. The third kappa shape index (κ3) is 3.20. The van der Waals surface area contributed by atoms with Gasteiger partial charge in [-0.25, -0.2) is 4.79 Å². The van der Waals surface area contributed by atoms with Gasteiger partial charge in [0, 0.05) is 18.9 Å². The number of hydrogen-bond donors (Lipinski definition) is 0. The zero-order chi connectivity index (χ0) is 17.8. The normalized spacial score (nSPS) is 28.4. The van der Waals surface area contributed by atoms with Crippen molar-refractivity contribution in [3.05, 3.63) is 0 Å². The first kappa shape index (κ1) is 18.5. The third-order valence-corrected chi connectivity index (χ3v) is 9.71. The maximum atomic E-state index is 12.7. The van der Waals surface area contributed by atoms with Crippen LogP contribution in [0.25, 0.3) is 0 Å². The fraction of sp³-hybridized carbons (Fsp3) is 0.882. The summed E-state index contributed by atoms with van der Waals surface area (Å²) < 4.78 is 12.1. The predicted molar refractivity (Wildman–Crippen MR) is 91.7 cm³/mol. The van der Waals surface area contributed by atoms with Gasteiger partial charge in [-0.05, 0) is 45.3 Å². The molecule has 1 amide bonds. The number of nitrogens with zero attached hydrogens (tertiary/aromatic N) is 1.